The number of ether oxygens (including phenoxy) is 1. The van der Waals surface area contributed by atoms with Crippen LogP contribution in [-0.2, 0) is 4.74 Å². The van der Waals surface area contributed by atoms with Crippen molar-refractivity contribution < 1.29 is 4.74 Å². The van der Waals surface area contributed by atoms with E-state index >= 15 is 0 Å². The second-order valence-electron chi connectivity index (χ2n) is 5.29. The molecule has 2 atom stereocenters. The lowest BCUT2D eigenvalue weighted by Crippen LogP contribution is -2.34. The molecule has 1 heterocycles. The second kappa shape index (κ2) is 8.90. The Bertz CT molecular complexity index is 177. The Morgan fingerprint density at radius 2 is 2.24 bits per heavy atom. The molecule has 1 fully saturated rings. The fourth-order valence-electron chi connectivity index (χ4n) is 2.55. The standard InChI is InChI=1S/C14H30N2O/c1-4-13(15-2)8-7-10-16(3)12-14-9-5-6-11-17-14/h13-15H,4-12H2,1-3H3. The van der Waals surface area contributed by atoms with Crippen molar-refractivity contribution in [3.05, 3.63) is 0 Å². The molecule has 1 aliphatic rings. The first-order valence-corrected chi connectivity index (χ1v) is 7.23. The molecule has 0 radical (unpaired) electrons. The predicted molar refractivity (Wildman–Crippen MR) is 73.5 cm³/mol. The molecule has 1 N–H and O–H groups in total. The van der Waals surface area contributed by atoms with Crippen LogP contribution in [0, 0.1) is 0 Å². The van der Waals surface area contributed by atoms with Gasteiger partial charge in [-0.25, -0.2) is 0 Å². The van der Waals surface area contributed by atoms with Gasteiger partial charge in [0.15, 0.2) is 0 Å². The summed E-state index contributed by atoms with van der Waals surface area (Å²) in [6.45, 7) is 5.52. The number of hydrogen-bond acceptors (Lipinski definition) is 3. The summed E-state index contributed by atoms with van der Waals surface area (Å²) in [5.74, 6) is 0. The van der Waals surface area contributed by atoms with E-state index in [-0.39, 0.29) is 0 Å². The van der Waals surface area contributed by atoms with Gasteiger partial charge in [-0.1, -0.05) is 6.92 Å². The van der Waals surface area contributed by atoms with Crippen molar-refractivity contribution in [2.45, 2.75) is 57.6 Å². The fourth-order valence-corrected chi connectivity index (χ4v) is 2.55. The Balaban J connectivity index is 2.05. The Labute approximate surface area is 107 Å². The van der Waals surface area contributed by atoms with Crippen LogP contribution in [0.2, 0.25) is 0 Å². The van der Waals surface area contributed by atoms with Gasteiger partial charge in [-0.05, 0) is 59.2 Å². The first-order chi connectivity index (χ1) is 8.26. The summed E-state index contributed by atoms with van der Waals surface area (Å²) in [6, 6.07) is 0.689. The van der Waals surface area contributed by atoms with Crippen LogP contribution < -0.4 is 5.32 Å². The van der Waals surface area contributed by atoms with Crippen molar-refractivity contribution in [1.82, 2.24) is 10.2 Å². The average Bonchev–Trinajstić information content (AvgIpc) is 2.36. The molecule has 2 unspecified atom stereocenters. The summed E-state index contributed by atoms with van der Waals surface area (Å²) in [5, 5.41) is 3.36. The molecule has 17 heavy (non-hydrogen) atoms. The molecule has 1 saturated heterocycles. The lowest BCUT2D eigenvalue weighted by molar-refractivity contribution is -0.00166. The van der Waals surface area contributed by atoms with Gasteiger partial charge in [0.2, 0.25) is 0 Å². The second-order valence-corrected chi connectivity index (χ2v) is 5.29. The molecular formula is C14H30N2O. The summed E-state index contributed by atoms with van der Waals surface area (Å²) in [5.41, 5.74) is 0. The van der Waals surface area contributed by atoms with E-state index < -0.39 is 0 Å². The third-order valence-electron chi connectivity index (χ3n) is 3.78. The van der Waals surface area contributed by atoms with Crippen molar-refractivity contribution in [1.29, 1.82) is 0 Å². The van der Waals surface area contributed by atoms with E-state index in [4.69, 9.17) is 4.74 Å². The molecule has 0 aromatic heterocycles. The molecular weight excluding hydrogens is 212 g/mol. The summed E-state index contributed by atoms with van der Waals surface area (Å²) in [6.07, 6.45) is 8.12. The van der Waals surface area contributed by atoms with E-state index in [1.807, 2.05) is 0 Å². The first-order valence-electron chi connectivity index (χ1n) is 7.23. The number of likely N-dealkylation sites (N-methyl/N-ethyl adjacent to an activating group) is 1. The summed E-state index contributed by atoms with van der Waals surface area (Å²) < 4.78 is 5.76. The van der Waals surface area contributed by atoms with Crippen LogP contribution >= 0.6 is 0 Å². The van der Waals surface area contributed by atoms with E-state index in [0.717, 1.165) is 13.2 Å². The topological polar surface area (TPSA) is 24.5 Å². The monoisotopic (exact) mass is 242 g/mol. The third kappa shape index (κ3) is 6.39. The van der Waals surface area contributed by atoms with Crippen LogP contribution in [0.15, 0.2) is 0 Å². The van der Waals surface area contributed by atoms with Crippen molar-refractivity contribution in [2.24, 2.45) is 0 Å². The number of nitrogens with one attached hydrogen (secondary N) is 1. The third-order valence-corrected chi connectivity index (χ3v) is 3.78. The average molecular weight is 242 g/mol. The van der Waals surface area contributed by atoms with Crippen LogP contribution in [0.1, 0.15) is 45.4 Å². The van der Waals surface area contributed by atoms with Gasteiger partial charge in [-0.3, -0.25) is 0 Å². The van der Waals surface area contributed by atoms with Gasteiger partial charge in [0.25, 0.3) is 0 Å². The minimum absolute atomic E-state index is 0.486. The molecule has 0 saturated carbocycles. The highest BCUT2D eigenvalue weighted by atomic mass is 16.5. The zero-order valence-corrected chi connectivity index (χ0v) is 11.9. The van der Waals surface area contributed by atoms with Gasteiger partial charge < -0.3 is 15.0 Å². The minimum atomic E-state index is 0.486. The molecule has 0 aliphatic carbocycles. The van der Waals surface area contributed by atoms with Gasteiger partial charge in [-0.2, -0.15) is 0 Å². The lowest BCUT2D eigenvalue weighted by atomic mass is 10.1. The molecule has 102 valence electrons. The van der Waals surface area contributed by atoms with Crippen LogP contribution in [0.25, 0.3) is 0 Å². The van der Waals surface area contributed by atoms with Gasteiger partial charge in [0, 0.05) is 19.2 Å². The summed E-state index contributed by atoms with van der Waals surface area (Å²) in [7, 11) is 4.28. The molecule has 0 aromatic carbocycles. The number of hydrogen-bond donors (Lipinski definition) is 1. The van der Waals surface area contributed by atoms with Crippen molar-refractivity contribution in [3.63, 3.8) is 0 Å². The fraction of sp³-hybridized carbons (Fsp3) is 1.00. The van der Waals surface area contributed by atoms with E-state index in [1.54, 1.807) is 0 Å². The molecule has 1 rings (SSSR count). The molecule has 0 amide bonds. The van der Waals surface area contributed by atoms with Crippen LogP contribution in [0.5, 0.6) is 0 Å². The number of nitrogens with zero attached hydrogens (tertiary/aromatic N) is 1. The summed E-state index contributed by atoms with van der Waals surface area (Å²) in [4.78, 5) is 2.43. The highest BCUT2D eigenvalue weighted by Crippen LogP contribution is 2.13. The molecule has 0 bridgehead atoms. The maximum atomic E-state index is 5.76. The largest absolute Gasteiger partial charge is 0.377 e. The van der Waals surface area contributed by atoms with Crippen LogP contribution in [-0.4, -0.2) is 50.8 Å². The van der Waals surface area contributed by atoms with Crippen molar-refractivity contribution >= 4 is 0 Å². The maximum absolute atomic E-state index is 5.76. The zero-order chi connectivity index (χ0) is 12.5. The highest BCUT2D eigenvalue weighted by molar-refractivity contribution is 4.69. The van der Waals surface area contributed by atoms with Gasteiger partial charge in [-0.15, -0.1) is 0 Å². The van der Waals surface area contributed by atoms with Gasteiger partial charge >= 0.3 is 0 Å². The summed E-state index contributed by atoms with van der Waals surface area (Å²) >= 11 is 0. The van der Waals surface area contributed by atoms with Crippen molar-refractivity contribution in [3.8, 4) is 0 Å². The molecule has 1 aliphatic heterocycles. The van der Waals surface area contributed by atoms with Crippen LogP contribution in [0.4, 0.5) is 0 Å². The SMILES string of the molecule is CCC(CCCN(C)CC1CCCCO1)NC. The molecule has 0 spiro atoms. The first kappa shape index (κ1) is 14.9. The lowest BCUT2D eigenvalue weighted by Gasteiger charge is -2.27. The van der Waals surface area contributed by atoms with E-state index in [1.165, 1.54) is 45.1 Å². The number of rotatable bonds is 8. The van der Waals surface area contributed by atoms with Crippen LogP contribution in [0.3, 0.4) is 0 Å². The smallest absolute Gasteiger partial charge is 0.0701 e. The molecule has 3 heteroatoms. The van der Waals surface area contributed by atoms with Crippen molar-refractivity contribution in [2.75, 3.05) is 33.8 Å². The van der Waals surface area contributed by atoms with E-state index in [0.29, 0.717) is 12.1 Å². The van der Waals surface area contributed by atoms with Gasteiger partial charge in [0.05, 0.1) is 6.10 Å². The Hall–Kier alpha value is -0.120. The Morgan fingerprint density at radius 3 is 2.82 bits per heavy atom. The highest BCUT2D eigenvalue weighted by Gasteiger charge is 2.15. The van der Waals surface area contributed by atoms with E-state index in [2.05, 4.69) is 31.2 Å². The predicted octanol–water partition coefficient (Wildman–Crippen LogP) is 2.27. The zero-order valence-electron chi connectivity index (χ0n) is 11.9. The normalized spacial score (nSPS) is 22.9. The Morgan fingerprint density at radius 1 is 1.41 bits per heavy atom. The van der Waals surface area contributed by atoms with E-state index in [9.17, 15) is 0 Å². The molecule has 3 nitrogen and oxygen atoms in total. The molecule has 0 aromatic rings. The maximum Gasteiger partial charge on any atom is 0.0701 e. The Kier molecular flexibility index (Phi) is 7.82. The van der Waals surface area contributed by atoms with Gasteiger partial charge in [0.1, 0.15) is 0 Å². The minimum Gasteiger partial charge on any atom is -0.377 e. The quantitative estimate of drug-likeness (QED) is 0.706.